The molecule has 1 aliphatic rings. The molecular weight excluding hydrogens is 174 g/mol. The maximum Gasteiger partial charge on any atom is 0.409 e. The molecule has 0 bridgehead atoms. The molecule has 0 unspecified atom stereocenters. The van der Waals surface area contributed by atoms with Gasteiger partial charge in [0.25, 0.3) is 0 Å². The lowest BCUT2D eigenvalue weighted by atomic mass is 9.97. The van der Waals surface area contributed by atoms with Crippen LogP contribution in [0.4, 0.5) is 4.79 Å². The Morgan fingerprint density at radius 1 is 1.38 bits per heavy atom. The predicted molar refractivity (Wildman–Crippen MR) is 41.7 cm³/mol. The second-order valence-electron chi connectivity index (χ2n) is 3.05. The van der Waals surface area contributed by atoms with Crippen LogP contribution in [0.2, 0.25) is 0 Å². The third-order valence-corrected chi connectivity index (χ3v) is 2.26. The van der Waals surface area contributed by atoms with Crippen molar-refractivity contribution in [3.8, 4) is 0 Å². The van der Waals surface area contributed by atoms with Crippen LogP contribution in [-0.2, 0) is 9.53 Å². The number of amides is 1. The molecule has 0 aromatic rings. The number of carbonyl (C=O) groups excluding carboxylic acids is 2. The zero-order valence-electron chi connectivity index (χ0n) is 7.49. The van der Waals surface area contributed by atoms with Crippen molar-refractivity contribution >= 4 is 12.1 Å². The molecule has 0 aromatic carbocycles. The molecule has 0 N–H and O–H groups in total. The zero-order chi connectivity index (χ0) is 9.84. The Morgan fingerprint density at radius 2 is 1.92 bits per heavy atom. The quantitative estimate of drug-likeness (QED) is 0.538. The van der Waals surface area contributed by atoms with Crippen molar-refractivity contribution in [3.05, 3.63) is 0 Å². The lowest BCUT2D eigenvalue weighted by Crippen LogP contribution is -2.43. The third-order valence-electron chi connectivity index (χ3n) is 2.26. The first-order valence-corrected chi connectivity index (χ1v) is 4.19. The average Bonchev–Trinajstić information content (AvgIpc) is 2.17. The first kappa shape index (κ1) is 9.83. The molecule has 0 radical (unpaired) electrons. The standard InChI is InChI=1S/C8H13NO4/c1-13-8(12)9-4-2-6(3-5-9)7(10)11/h6H,2-5H2,1H3,(H,10,11)/p-1. The topological polar surface area (TPSA) is 69.7 Å². The number of hydrogen-bond donors (Lipinski definition) is 0. The predicted octanol–water partition coefficient (Wildman–Crippen LogP) is -0.785. The molecule has 1 saturated heterocycles. The summed E-state index contributed by atoms with van der Waals surface area (Å²) in [5.74, 6) is -1.44. The van der Waals surface area contributed by atoms with Gasteiger partial charge in [0.05, 0.1) is 7.11 Å². The van der Waals surface area contributed by atoms with Gasteiger partial charge in [-0.3, -0.25) is 0 Å². The third kappa shape index (κ3) is 2.34. The van der Waals surface area contributed by atoms with E-state index in [0.717, 1.165) is 0 Å². The average molecular weight is 186 g/mol. The number of likely N-dealkylation sites (tertiary alicyclic amines) is 1. The van der Waals surface area contributed by atoms with E-state index in [2.05, 4.69) is 4.74 Å². The van der Waals surface area contributed by atoms with Gasteiger partial charge in [0.1, 0.15) is 0 Å². The highest BCUT2D eigenvalue weighted by Gasteiger charge is 2.23. The normalized spacial score (nSPS) is 18.4. The Labute approximate surface area is 76.3 Å². The summed E-state index contributed by atoms with van der Waals surface area (Å²) in [5, 5.41) is 10.5. The number of nitrogens with zero attached hydrogens (tertiary/aromatic N) is 1. The van der Waals surface area contributed by atoms with Gasteiger partial charge in [-0.15, -0.1) is 0 Å². The fourth-order valence-corrected chi connectivity index (χ4v) is 1.43. The number of aliphatic carboxylic acids is 1. The Morgan fingerprint density at radius 3 is 2.31 bits per heavy atom. The molecule has 1 fully saturated rings. The highest BCUT2D eigenvalue weighted by atomic mass is 16.5. The Kier molecular flexibility index (Phi) is 3.11. The van der Waals surface area contributed by atoms with Crippen LogP contribution in [0.25, 0.3) is 0 Å². The van der Waals surface area contributed by atoms with Gasteiger partial charge in [0.15, 0.2) is 0 Å². The minimum Gasteiger partial charge on any atom is -0.550 e. The fraction of sp³-hybridized carbons (Fsp3) is 0.750. The van der Waals surface area contributed by atoms with Gasteiger partial charge < -0.3 is 19.5 Å². The van der Waals surface area contributed by atoms with Gasteiger partial charge in [-0.2, -0.15) is 0 Å². The van der Waals surface area contributed by atoms with E-state index >= 15 is 0 Å². The highest BCUT2D eigenvalue weighted by Crippen LogP contribution is 2.16. The van der Waals surface area contributed by atoms with Crippen molar-refractivity contribution in [3.63, 3.8) is 0 Å². The fourth-order valence-electron chi connectivity index (χ4n) is 1.43. The number of methoxy groups -OCH3 is 1. The van der Waals surface area contributed by atoms with Gasteiger partial charge in [0.2, 0.25) is 0 Å². The van der Waals surface area contributed by atoms with Gasteiger partial charge >= 0.3 is 6.09 Å². The number of ether oxygens (including phenoxy) is 1. The summed E-state index contributed by atoms with van der Waals surface area (Å²) in [6.45, 7) is 0.872. The molecule has 0 aliphatic carbocycles. The van der Waals surface area contributed by atoms with Gasteiger partial charge in [-0.1, -0.05) is 0 Å². The van der Waals surface area contributed by atoms with Crippen LogP contribution < -0.4 is 5.11 Å². The second-order valence-corrected chi connectivity index (χ2v) is 3.05. The van der Waals surface area contributed by atoms with Crippen LogP contribution in [0.3, 0.4) is 0 Å². The summed E-state index contributed by atoms with van der Waals surface area (Å²) < 4.78 is 4.51. The van der Waals surface area contributed by atoms with E-state index in [9.17, 15) is 14.7 Å². The van der Waals surface area contributed by atoms with Crippen LogP contribution in [0.15, 0.2) is 0 Å². The summed E-state index contributed by atoms with van der Waals surface area (Å²) in [6.07, 6.45) is 0.520. The molecule has 1 heterocycles. The molecule has 5 nitrogen and oxygen atoms in total. The minimum absolute atomic E-state index is 0.392. The molecule has 5 heteroatoms. The maximum absolute atomic E-state index is 11.0. The van der Waals surface area contributed by atoms with E-state index in [1.165, 1.54) is 12.0 Å². The van der Waals surface area contributed by atoms with Crippen LogP contribution in [0.1, 0.15) is 12.8 Å². The van der Waals surface area contributed by atoms with Gasteiger partial charge in [-0.25, -0.2) is 4.79 Å². The lowest BCUT2D eigenvalue weighted by Gasteiger charge is -2.31. The van der Waals surface area contributed by atoms with Crippen molar-refractivity contribution < 1.29 is 19.4 Å². The Balaban J connectivity index is 2.39. The molecular formula is C8H12NO4-. The SMILES string of the molecule is COC(=O)N1CCC(C(=O)[O-])CC1. The molecule has 0 saturated carbocycles. The second kappa shape index (κ2) is 4.11. The van der Waals surface area contributed by atoms with E-state index in [1.807, 2.05) is 0 Å². The molecule has 1 amide bonds. The summed E-state index contributed by atoms with van der Waals surface area (Å²) >= 11 is 0. The van der Waals surface area contributed by atoms with Crippen molar-refractivity contribution in [2.75, 3.05) is 20.2 Å². The van der Waals surface area contributed by atoms with E-state index in [0.29, 0.717) is 25.9 Å². The van der Waals surface area contributed by atoms with Crippen LogP contribution >= 0.6 is 0 Å². The highest BCUT2D eigenvalue weighted by molar-refractivity contribution is 5.70. The summed E-state index contributed by atoms with van der Waals surface area (Å²) in [7, 11) is 1.31. The minimum atomic E-state index is -1.02. The number of piperidine rings is 1. The number of rotatable bonds is 1. The van der Waals surface area contributed by atoms with Crippen molar-refractivity contribution in [1.82, 2.24) is 4.90 Å². The molecule has 1 rings (SSSR count). The Hall–Kier alpha value is -1.26. The lowest BCUT2D eigenvalue weighted by molar-refractivity contribution is -0.312. The van der Waals surface area contributed by atoms with E-state index in [4.69, 9.17) is 0 Å². The Bertz CT molecular complexity index is 208. The summed E-state index contributed by atoms with van der Waals surface area (Å²) in [5.41, 5.74) is 0. The molecule has 0 atom stereocenters. The number of carboxylic acids is 1. The van der Waals surface area contributed by atoms with Crippen molar-refractivity contribution in [2.24, 2.45) is 5.92 Å². The molecule has 1 aliphatic heterocycles. The smallest absolute Gasteiger partial charge is 0.409 e. The van der Waals surface area contributed by atoms with E-state index in [1.54, 1.807) is 0 Å². The maximum atomic E-state index is 11.0. The van der Waals surface area contributed by atoms with Crippen LogP contribution in [-0.4, -0.2) is 37.2 Å². The van der Waals surface area contributed by atoms with Crippen molar-refractivity contribution in [1.29, 1.82) is 0 Å². The van der Waals surface area contributed by atoms with Gasteiger partial charge in [-0.05, 0) is 12.8 Å². The van der Waals surface area contributed by atoms with Crippen LogP contribution in [0, 0.1) is 5.92 Å². The monoisotopic (exact) mass is 186 g/mol. The molecule has 0 spiro atoms. The number of carbonyl (C=O) groups is 2. The molecule has 13 heavy (non-hydrogen) atoms. The summed E-state index contributed by atoms with van der Waals surface area (Å²) in [4.78, 5) is 22.9. The molecule has 74 valence electrons. The largest absolute Gasteiger partial charge is 0.550 e. The van der Waals surface area contributed by atoms with E-state index < -0.39 is 18.0 Å². The zero-order valence-corrected chi connectivity index (χ0v) is 7.49. The summed E-state index contributed by atoms with van der Waals surface area (Å²) in [6, 6.07) is 0. The van der Waals surface area contributed by atoms with Crippen LogP contribution in [0.5, 0.6) is 0 Å². The van der Waals surface area contributed by atoms with Crippen molar-refractivity contribution in [2.45, 2.75) is 12.8 Å². The van der Waals surface area contributed by atoms with Gasteiger partial charge in [0, 0.05) is 25.0 Å². The first-order chi connectivity index (χ1) is 6.15. The first-order valence-electron chi connectivity index (χ1n) is 4.19. The van der Waals surface area contributed by atoms with E-state index in [-0.39, 0.29) is 0 Å². The molecule has 0 aromatic heterocycles. The number of hydrogen-bond acceptors (Lipinski definition) is 4. The number of carboxylic acid groups (broad SMARTS) is 1.